The Labute approximate surface area is 94.8 Å². The van der Waals surface area contributed by atoms with Gasteiger partial charge in [-0.25, -0.2) is 0 Å². The lowest BCUT2D eigenvalue weighted by molar-refractivity contribution is -0.118. The molecule has 80 valence electrons. The van der Waals surface area contributed by atoms with Gasteiger partial charge in [-0.3, -0.25) is 4.79 Å². The molecule has 15 heavy (non-hydrogen) atoms. The third-order valence-electron chi connectivity index (χ3n) is 3.05. The quantitative estimate of drug-likeness (QED) is 0.662. The predicted octanol–water partition coefficient (Wildman–Crippen LogP) is 3.20. The molecule has 0 fully saturated rings. The molecule has 1 aliphatic rings. The van der Waals surface area contributed by atoms with E-state index in [4.69, 9.17) is 11.6 Å². The van der Waals surface area contributed by atoms with E-state index in [0.717, 1.165) is 17.1 Å². The smallest absolute Gasteiger partial charge is 0.226 e. The van der Waals surface area contributed by atoms with Crippen LogP contribution in [0, 0.1) is 0 Å². The van der Waals surface area contributed by atoms with E-state index in [2.05, 4.69) is 6.92 Å². The van der Waals surface area contributed by atoms with Crippen LogP contribution in [0.1, 0.15) is 31.2 Å². The Hall–Kier alpha value is -1.02. The largest absolute Gasteiger partial charge is 0.315 e. The maximum atomic E-state index is 11.7. The lowest BCUT2D eigenvalue weighted by Crippen LogP contribution is -2.24. The number of carbonyl (C=O) groups is 1. The zero-order chi connectivity index (χ0) is 11.0. The van der Waals surface area contributed by atoms with Crippen LogP contribution >= 0.6 is 11.6 Å². The number of halogens is 1. The van der Waals surface area contributed by atoms with Gasteiger partial charge in [0.2, 0.25) is 5.91 Å². The Morgan fingerprint density at radius 2 is 2.20 bits per heavy atom. The van der Waals surface area contributed by atoms with Crippen LogP contribution in [0.2, 0.25) is 5.02 Å². The van der Waals surface area contributed by atoms with Crippen LogP contribution in [0.3, 0.4) is 0 Å². The molecule has 2 nitrogen and oxygen atoms in total. The van der Waals surface area contributed by atoms with Crippen molar-refractivity contribution >= 4 is 23.2 Å². The van der Waals surface area contributed by atoms with Crippen LogP contribution in [-0.4, -0.2) is 13.0 Å². The second-order valence-corrected chi connectivity index (χ2v) is 4.53. The van der Waals surface area contributed by atoms with Crippen LogP contribution in [0.4, 0.5) is 5.69 Å². The van der Waals surface area contributed by atoms with Gasteiger partial charge in [-0.1, -0.05) is 18.5 Å². The van der Waals surface area contributed by atoms with Crippen LogP contribution in [0.5, 0.6) is 0 Å². The Kier molecular flexibility index (Phi) is 2.70. The number of amides is 1. The highest BCUT2D eigenvalue weighted by Gasteiger charge is 2.23. The van der Waals surface area contributed by atoms with Crippen molar-refractivity contribution < 1.29 is 4.79 Å². The molecule has 0 radical (unpaired) electrons. The minimum Gasteiger partial charge on any atom is -0.315 e. The predicted molar refractivity (Wildman–Crippen MR) is 62.5 cm³/mol. The van der Waals surface area contributed by atoms with E-state index in [1.54, 1.807) is 4.90 Å². The molecule has 1 aliphatic heterocycles. The molecule has 1 heterocycles. The van der Waals surface area contributed by atoms with Gasteiger partial charge in [-0.15, -0.1) is 0 Å². The fourth-order valence-corrected chi connectivity index (χ4v) is 2.20. The van der Waals surface area contributed by atoms with E-state index in [9.17, 15) is 4.79 Å². The van der Waals surface area contributed by atoms with E-state index in [1.807, 2.05) is 25.2 Å². The van der Waals surface area contributed by atoms with Crippen molar-refractivity contribution in [2.75, 3.05) is 11.9 Å². The van der Waals surface area contributed by atoms with Gasteiger partial charge in [0.15, 0.2) is 0 Å². The molecule has 1 unspecified atom stereocenters. The van der Waals surface area contributed by atoms with Gasteiger partial charge in [-0.05, 0) is 36.1 Å². The van der Waals surface area contributed by atoms with E-state index < -0.39 is 0 Å². The first-order valence-electron chi connectivity index (χ1n) is 5.15. The van der Waals surface area contributed by atoms with Crippen molar-refractivity contribution in [1.29, 1.82) is 0 Å². The molecule has 0 aliphatic carbocycles. The topological polar surface area (TPSA) is 20.3 Å². The number of benzene rings is 1. The summed E-state index contributed by atoms with van der Waals surface area (Å²) in [7, 11) is 1.83. The second-order valence-electron chi connectivity index (χ2n) is 4.10. The molecule has 0 saturated heterocycles. The fourth-order valence-electron chi connectivity index (χ4n) is 2.02. The molecule has 1 amide bonds. The molecule has 0 aromatic heterocycles. The fraction of sp³-hybridized carbons (Fsp3) is 0.417. The monoisotopic (exact) mass is 223 g/mol. The normalized spacial score (nSPS) is 21.1. The average molecular weight is 224 g/mol. The lowest BCUT2D eigenvalue weighted by Gasteiger charge is -2.18. The molecule has 0 spiro atoms. The van der Waals surface area contributed by atoms with Crippen LogP contribution in [0.25, 0.3) is 0 Å². The highest BCUT2D eigenvalue weighted by Crippen LogP contribution is 2.35. The summed E-state index contributed by atoms with van der Waals surface area (Å²) in [6.07, 6.45) is 1.51. The number of carbonyl (C=O) groups excluding carboxylic acids is 1. The molecule has 2 rings (SSSR count). The van der Waals surface area contributed by atoms with Crippen molar-refractivity contribution in [3.8, 4) is 0 Å². The number of anilines is 1. The highest BCUT2D eigenvalue weighted by atomic mass is 35.5. The number of hydrogen-bond acceptors (Lipinski definition) is 1. The molecule has 0 bridgehead atoms. The number of nitrogens with zero attached hydrogens (tertiary/aromatic N) is 1. The summed E-state index contributed by atoms with van der Waals surface area (Å²) < 4.78 is 0. The molecule has 1 aromatic rings. The van der Waals surface area contributed by atoms with Crippen molar-refractivity contribution in [3.05, 3.63) is 28.8 Å². The SMILES string of the molecule is CC1CCC(=O)N(C)c2ccc(Cl)cc21. The highest BCUT2D eigenvalue weighted by molar-refractivity contribution is 6.30. The van der Waals surface area contributed by atoms with Gasteiger partial charge in [0.05, 0.1) is 0 Å². The molecule has 1 aromatic carbocycles. The van der Waals surface area contributed by atoms with Gasteiger partial charge in [0.25, 0.3) is 0 Å². The van der Waals surface area contributed by atoms with Crippen LogP contribution in [-0.2, 0) is 4.79 Å². The molecular formula is C12H14ClNO. The van der Waals surface area contributed by atoms with Crippen LogP contribution in [0.15, 0.2) is 18.2 Å². The number of rotatable bonds is 0. The van der Waals surface area contributed by atoms with E-state index in [1.165, 1.54) is 5.56 Å². The van der Waals surface area contributed by atoms with Gasteiger partial charge >= 0.3 is 0 Å². The third-order valence-corrected chi connectivity index (χ3v) is 3.28. The summed E-state index contributed by atoms with van der Waals surface area (Å²) >= 11 is 5.98. The zero-order valence-electron chi connectivity index (χ0n) is 8.96. The summed E-state index contributed by atoms with van der Waals surface area (Å²) in [6.45, 7) is 2.14. The standard InChI is InChI=1S/C12H14ClNO/c1-8-3-6-12(15)14(2)11-5-4-9(13)7-10(8)11/h4-5,7-8H,3,6H2,1-2H3. The molecule has 0 saturated carbocycles. The van der Waals surface area contributed by atoms with Gasteiger partial charge in [0.1, 0.15) is 0 Å². The first-order valence-corrected chi connectivity index (χ1v) is 5.53. The second kappa shape index (κ2) is 3.86. The van der Waals surface area contributed by atoms with Crippen molar-refractivity contribution in [2.45, 2.75) is 25.7 Å². The average Bonchev–Trinajstić information content (AvgIpc) is 2.32. The number of fused-ring (bicyclic) bond motifs is 1. The summed E-state index contributed by atoms with van der Waals surface area (Å²) in [5.74, 6) is 0.579. The third kappa shape index (κ3) is 1.86. The Bertz CT molecular complexity index is 403. The molecule has 1 atom stereocenters. The Balaban J connectivity index is 2.54. The van der Waals surface area contributed by atoms with Crippen molar-refractivity contribution in [2.24, 2.45) is 0 Å². The lowest BCUT2D eigenvalue weighted by atomic mass is 9.96. The van der Waals surface area contributed by atoms with Gasteiger partial charge in [-0.2, -0.15) is 0 Å². The Morgan fingerprint density at radius 3 is 2.93 bits per heavy atom. The van der Waals surface area contributed by atoms with Crippen molar-refractivity contribution in [1.82, 2.24) is 0 Å². The summed E-state index contributed by atoms with van der Waals surface area (Å²) in [5, 5.41) is 0.739. The maximum absolute atomic E-state index is 11.7. The first-order chi connectivity index (χ1) is 7.09. The molecule has 3 heteroatoms. The molecular weight excluding hydrogens is 210 g/mol. The summed E-state index contributed by atoms with van der Waals surface area (Å²) in [4.78, 5) is 13.4. The molecule has 0 N–H and O–H groups in total. The Morgan fingerprint density at radius 1 is 1.47 bits per heavy atom. The van der Waals surface area contributed by atoms with Crippen molar-refractivity contribution in [3.63, 3.8) is 0 Å². The minimum atomic E-state index is 0.183. The maximum Gasteiger partial charge on any atom is 0.226 e. The van der Waals surface area contributed by atoms with Crippen LogP contribution < -0.4 is 4.90 Å². The summed E-state index contributed by atoms with van der Waals surface area (Å²) in [6, 6.07) is 5.73. The van der Waals surface area contributed by atoms with E-state index in [-0.39, 0.29) is 5.91 Å². The first kappa shape index (κ1) is 10.5. The van der Waals surface area contributed by atoms with E-state index in [0.29, 0.717) is 12.3 Å². The van der Waals surface area contributed by atoms with Gasteiger partial charge in [0, 0.05) is 24.2 Å². The minimum absolute atomic E-state index is 0.183. The summed E-state index contributed by atoms with van der Waals surface area (Å²) in [5.41, 5.74) is 2.17. The zero-order valence-corrected chi connectivity index (χ0v) is 9.71. The van der Waals surface area contributed by atoms with E-state index >= 15 is 0 Å². The van der Waals surface area contributed by atoms with Gasteiger partial charge < -0.3 is 4.90 Å². The number of hydrogen-bond donors (Lipinski definition) is 0.